The Balaban J connectivity index is 2.99. The SMILES string of the molecule is CNC(CN)c1ccc(C)cc1Br. The first-order valence-electron chi connectivity index (χ1n) is 4.32. The fourth-order valence-electron chi connectivity index (χ4n) is 1.32. The number of aryl methyl sites for hydroxylation is 1. The molecule has 0 aliphatic carbocycles. The Labute approximate surface area is 87.6 Å². The molecule has 0 amide bonds. The maximum absolute atomic E-state index is 5.64. The predicted molar refractivity (Wildman–Crippen MR) is 59.7 cm³/mol. The normalized spacial score (nSPS) is 12.9. The van der Waals surface area contributed by atoms with Gasteiger partial charge in [0.25, 0.3) is 0 Å². The lowest BCUT2D eigenvalue weighted by Crippen LogP contribution is -2.25. The van der Waals surface area contributed by atoms with Crippen molar-refractivity contribution in [1.29, 1.82) is 0 Å². The van der Waals surface area contributed by atoms with Crippen LogP contribution in [0.5, 0.6) is 0 Å². The van der Waals surface area contributed by atoms with Gasteiger partial charge in [0.15, 0.2) is 0 Å². The summed E-state index contributed by atoms with van der Waals surface area (Å²) in [6.07, 6.45) is 0. The Morgan fingerprint density at radius 2 is 2.23 bits per heavy atom. The van der Waals surface area contributed by atoms with Gasteiger partial charge >= 0.3 is 0 Å². The van der Waals surface area contributed by atoms with Crippen molar-refractivity contribution in [3.8, 4) is 0 Å². The zero-order valence-corrected chi connectivity index (χ0v) is 9.56. The van der Waals surface area contributed by atoms with Crippen LogP contribution >= 0.6 is 15.9 Å². The first-order chi connectivity index (χ1) is 6.19. The number of nitrogens with one attached hydrogen (secondary N) is 1. The number of hydrogen-bond donors (Lipinski definition) is 2. The molecule has 0 heterocycles. The number of nitrogens with two attached hydrogens (primary N) is 1. The summed E-state index contributed by atoms with van der Waals surface area (Å²) in [6.45, 7) is 2.68. The molecule has 0 bridgehead atoms. The van der Waals surface area contributed by atoms with Gasteiger partial charge in [0.2, 0.25) is 0 Å². The van der Waals surface area contributed by atoms with Crippen molar-refractivity contribution in [2.24, 2.45) is 5.73 Å². The molecule has 2 nitrogen and oxygen atoms in total. The average molecular weight is 243 g/mol. The number of benzene rings is 1. The van der Waals surface area contributed by atoms with Crippen molar-refractivity contribution in [1.82, 2.24) is 5.32 Å². The van der Waals surface area contributed by atoms with Gasteiger partial charge in [0, 0.05) is 17.1 Å². The van der Waals surface area contributed by atoms with Crippen LogP contribution in [-0.4, -0.2) is 13.6 Å². The van der Waals surface area contributed by atoms with Crippen LogP contribution in [0.25, 0.3) is 0 Å². The summed E-state index contributed by atoms with van der Waals surface area (Å²) in [5.41, 5.74) is 8.11. The molecule has 1 unspecified atom stereocenters. The van der Waals surface area contributed by atoms with Crippen molar-refractivity contribution >= 4 is 15.9 Å². The van der Waals surface area contributed by atoms with Gasteiger partial charge in [-0.05, 0) is 31.2 Å². The first kappa shape index (κ1) is 10.7. The van der Waals surface area contributed by atoms with Crippen molar-refractivity contribution in [3.63, 3.8) is 0 Å². The molecule has 0 aliphatic rings. The number of rotatable bonds is 3. The van der Waals surface area contributed by atoms with E-state index in [4.69, 9.17) is 5.73 Å². The largest absolute Gasteiger partial charge is 0.329 e. The van der Waals surface area contributed by atoms with E-state index >= 15 is 0 Å². The minimum Gasteiger partial charge on any atom is -0.329 e. The van der Waals surface area contributed by atoms with Crippen molar-refractivity contribution in [2.45, 2.75) is 13.0 Å². The molecule has 0 saturated carbocycles. The molecule has 0 aliphatic heterocycles. The van der Waals surface area contributed by atoms with Crippen LogP contribution in [0.4, 0.5) is 0 Å². The van der Waals surface area contributed by atoms with Gasteiger partial charge in [-0.15, -0.1) is 0 Å². The minimum absolute atomic E-state index is 0.231. The predicted octanol–water partition coefficient (Wildman–Crippen LogP) is 1.98. The lowest BCUT2D eigenvalue weighted by molar-refractivity contribution is 0.603. The Bertz CT molecular complexity index is 282. The van der Waals surface area contributed by atoms with Gasteiger partial charge in [-0.3, -0.25) is 0 Å². The molecule has 13 heavy (non-hydrogen) atoms. The van der Waals surface area contributed by atoms with E-state index in [2.05, 4.69) is 46.4 Å². The summed E-state index contributed by atoms with van der Waals surface area (Å²) in [5.74, 6) is 0. The van der Waals surface area contributed by atoms with Gasteiger partial charge in [-0.1, -0.05) is 28.1 Å². The number of likely N-dealkylation sites (N-methyl/N-ethyl adjacent to an activating group) is 1. The Kier molecular flexibility index (Phi) is 3.90. The third kappa shape index (κ3) is 2.53. The lowest BCUT2D eigenvalue weighted by atomic mass is 10.1. The van der Waals surface area contributed by atoms with Gasteiger partial charge in [0.1, 0.15) is 0 Å². The summed E-state index contributed by atoms with van der Waals surface area (Å²) in [6, 6.07) is 6.54. The van der Waals surface area contributed by atoms with Crippen molar-refractivity contribution < 1.29 is 0 Å². The average Bonchev–Trinajstić information content (AvgIpc) is 2.10. The standard InChI is InChI=1S/C10H15BrN2/c1-7-3-4-8(9(11)5-7)10(6-12)13-2/h3-5,10,13H,6,12H2,1-2H3. The molecule has 1 aromatic rings. The van der Waals surface area contributed by atoms with E-state index in [-0.39, 0.29) is 6.04 Å². The van der Waals surface area contributed by atoms with Crippen LogP contribution in [-0.2, 0) is 0 Å². The molecular formula is C10H15BrN2. The van der Waals surface area contributed by atoms with Gasteiger partial charge < -0.3 is 11.1 Å². The van der Waals surface area contributed by atoms with E-state index in [0.29, 0.717) is 6.54 Å². The monoisotopic (exact) mass is 242 g/mol. The molecule has 72 valence electrons. The van der Waals surface area contributed by atoms with Crippen molar-refractivity contribution in [3.05, 3.63) is 33.8 Å². The van der Waals surface area contributed by atoms with Crippen LogP contribution in [0.1, 0.15) is 17.2 Å². The number of hydrogen-bond acceptors (Lipinski definition) is 2. The van der Waals surface area contributed by atoms with Crippen molar-refractivity contribution in [2.75, 3.05) is 13.6 Å². The second kappa shape index (κ2) is 4.74. The zero-order valence-electron chi connectivity index (χ0n) is 7.97. The molecule has 1 rings (SSSR count). The summed E-state index contributed by atoms with van der Waals surface area (Å²) >= 11 is 3.53. The maximum atomic E-state index is 5.64. The second-order valence-electron chi connectivity index (χ2n) is 3.10. The van der Waals surface area contributed by atoms with Gasteiger partial charge in [0.05, 0.1) is 0 Å². The molecule has 3 N–H and O–H groups in total. The molecule has 1 atom stereocenters. The van der Waals surface area contributed by atoms with E-state index in [9.17, 15) is 0 Å². The van der Waals surface area contributed by atoms with E-state index in [1.165, 1.54) is 11.1 Å². The van der Waals surface area contributed by atoms with E-state index < -0.39 is 0 Å². The van der Waals surface area contributed by atoms with Crippen LogP contribution in [0.15, 0.2) is 22.7 Å². The summed E-state index contributed by atoms with van der Waals surface area (Å²) in [4.78, 5) is 0. The van der Waals surface area contributed by atoms with Crippen LogP contribution in [0, 0.1) is 6.92 Å². The topological polar surface area (TPSA) is 38.0 Å². The third-order valence-corrected chi connectivity index (χ3v) is 2.80. The highest BCUT2D eigenvalue weighted by molar-refractivity contribution is 9.10. The molecule has 0 fully saturated rings. The smallest absolute Gasteiger partial charge is 0.0453 e. The Morgan fingerprint density at radius 1 is 1.54 bits per heavy atom. The zero-order chi connectivity index (χ0) is 9.84. The third-order valence-electron chi connectivity index (χ3n) is 2.12. The van der Waals surface area contributed by atoms with Crippen LogP contribution in [0.3, 0.4) is 0 Å². The molecular weight excluding hydrogens is 228 g/mol. The highest BCUT2D eigenvalue weighted by atomic mass is 79.9. The van der Waals surface area contributed by atoms with Gasteiger partial charge in [-0.25, -0.2) is 0 Å². The highest BCUT2D eigenvalue weighted by Crippen LogP contribution is 2.23. The molecule has 0 saturated heterocycles. The fourth-order valence-corrected chi connectivity index (χ4v) is 2.08. The highest BCUT2D eigenvalue weighted by Gasteiger charge is 2.09. The second-order valence-corrected chi connectivity index (χ2v) is 3.96. The molecule has 0 aromatic heterocycles. The van der Waals surface area contributed by atoms with E-state index in [1.54, 1.807) is 0 Å². The summed E-state index contributed by atoms with van der Waals surface area (Å²) in [7, 11) is 1.92. The van der Waals surface area contributed by atoms with E-state index in [1.807, 2.05) is 7.05 Å². The molecule has 0 radical (unpaired) electrons. The Hall–Kier alpha value is -0.380. The molecule has 1 aromatic carbocycles. The van der Waals surface area contributed by atoms with E-state index in [0.717, 1.165) is 4.47 Å². The quantitative estimate of drug-likeness (QED) is 0.851. The summed E-state index contributed by atoms with van der Waals surface area (Å²) in [5, 5.41) is 3.17. The minimum atomic E-state index is 0.231. The Morgan fingerprint density at radius 3 is 2.69 bits per heavy atom. The van der Waals surface area contributed by atoms with Crippen LogP contribution < -0.4 is 11.1 Å². The maximum Gasteiger partial charge on any atom is 0.0453 e. The lowest BCUT2D eigenvalue weighted by Gasteiger charge is -2.16. The summed E-state index contributed by atoms with van der Waals surface area (Å²) < 4.78 is 1.12. The number of halogens is 1. The molecule has 0 spiro atoms. The van der Waals surface area contributed by atoms with Gasteiger partial charge in [-0.2, -0.15) is 0 Å². The molecule has 3 heteroatoms. The first-order valence-corrected chi connectivity index (χ1v) is 5.11. The fraction of sp³-hybridized carbons (Fsp3) is 0.400. The van der Waals surface area contributed by atoms with Crippen LogP contribution in [0.2, 0.25) is 0 Å².